The molecule has 0 heterocycles. The second kappa shape index (κ2) is 8.28. The van der Waals surface area contributed by atoms with Crippen molar-refractivity contribution < 1.29 is 24.2 Å². The Balaban J connectivity index is 2.73. The van der Waals surface area contributed by atoms with Crippen LogP contribution in [-0.2, 0) is 19.1 Å². The lowest BCUT2D eigenvalue weighted by Gasteiger charge is -2.21. The van der Waals surface area contributed by atoms with Crippen LogP contribution >= 0.6 is 0 Å². The van der Waals surface area contributed by atoms with E-state index in [1.165, 1.54) is 0 Å². The van der Waals surface area contributed by atoms with Gasteiger partial charge in [0.2, 0.25) is 11.8 Å². The van der Waals surface area contributed by atoms with Gasteiger partial charge in [-0.2, -0.15) is 0 Å². The minimum atomic E-state index is -1.00. The van der Waals surface area contributed by atoms with Crippen molar-refractivity contribution in [2.24, 2.45) is 0 Å². The van der Waals surface area contributed by atoms with E-state index in [4.69, 9.17) is 9.84 Å². The molecule has 0 aliphatic heterocycles. The third-order valence-corrected chi connectivity index (χ3v) is 2.67. The Morgan fingerprint density at radius 2 is 1.78 bits per heavy atom. The second-order valence-corrected chi connectivity index (χ2v) is 5.87. The molecule has 1 aromatic carbocycles. The number of rotatable bonds is 6. The zero-order valence-electron chi connectivity index (χ0n) is 13.5. The molecule has 7 nitrogen and oxygen atoms in total. The maximum absolute atomic E-state index is 12.2. The summed E-state index contributed by atoms with van der Waals surface area (Å²) in [5, 5.41) is 13.7. The van der Waals surface area contributed by atoms with E-state index in [1.807, 2.05) is 0 Å². The van der Waals surface area contributed by atoms with E-state index in [1.54, 1.807) is 51.1 Å². The average Bonchev–Trinajstić information content (AvgIpc) is 2.49. The molecule has 0 radical (unpaired) electrons. The van der Waals surface area contributed by atoms with Gasteiger partial charge >= 0.3 is 5.97 Å². The largest absolute Gasteiger partial charge is 0.459 e. The van der Waals surface area contributed by atoms with Gasteiger partial charge in [-0.3, -0.25) is 14.4 Å². The Labute approximate surface area is 135 Å². The third-order valence-electron chi connectivity index (χ3n) is 2.67. The molecule has 7 heteroatoms. The SMILES string of the molecule is CC(C)(C)OC(=O)CNC(=O)[C@H](NC(=O)CO)c1ccccc1. The number of esters is 1. The van der Waals surface area contributed by atoms with Crippen molar-refractivity contribution in [3.05, 3.63) is 35.9 Å². The fraction of sp³-hybridized carbons (Fsp3) is 0.438. The van der Waals surface area contributed by atoms with Gasteiger partial charge in [-0.15, -0.1) is 0 Å². The third kappa shape index (κ3) is 6.92. The number of benzene rings is 1. The van der Waals surface area contributed by atoms with E-state index >= 15 is 0 Å². The van der Waals surface area contributed by atoms with Gasteiger partial charge in [0.05, 0.1) is 0 Å². The Morgan fingerprint density at radius 3 is 2.30 bits per heavy atom. The Kier molecular flexibility index (Phi) is 6.71. The van der Waals surface area contributed by atoms with Crippen LogP contribution in [0.4, 0.5) is 0 Å². The van der Waals surface area contributed by atoms with Crippen LogP contribution in [0.5, 0.6) is 0 Å². The zero-order chi connectivity index (χ0) is 17.5. The normalized spacial score (nSPS) is 12.2. The van der Waals surface area contributed by atoms with E-state index in [0.717, 1.165) is 0 Å². The summed E-state index contributed by atoms with van der Waals surface area (Å²) in [7, 11) is 0. The Morgan fingerprint density at radius 1 is 1.17 bits per heavy atom. The highest BCUT2D eigenvalue weighted by atomic mass is 16.6. The summed E-state index contributed by atoms with van der Waals surface area (Å²) < 4.78 is 5.09. The van der Waals surface area contributed by atoms with Gasteiger partial charge in [0.15, 0.2) is 0 Å². The predicted molar refractivity (Wildman–Crippen MR) is 83.3 cm³/mol. The van der Waals surface area contributed by atoms with Crippen LogP contribution in [-0.4, -0.2) is 41.6 Å². The maximum Gasteiger partial charge on any atom is 0.325 e. The summed E-state index contributed by atoms with van der Waals surface area (Å²) >= 11 is 0. The minimum Gasteiger partial charge on any atom is -0.459 e. The molecule has 2 amide bonds. The molecule has 23 heavy (non-hydrogen) atoms. The molecular weight excluding hydrogens is 300 g/mol. The van der Waals surface area contributed by atoms with Crippen LogP contribution in [0.1, 0.15) is 32.4 Å². The molecule has 1 aromatic rings. The van der Waals surface area contributed by atoms with Crippen LogP contribution < -0.4 is 10.6 Å². The first-order chi connectivity index (χ1) is 10.7. The highest BCUT2D eigenvalue weighted by Gasteiger charge is 2.24. The molecule has 0 aromatic heterocycles. The van der Waals surface area contributed by atoms with Gasteiger partial charge in [0.1, 0.15) is 24.8 Å². The Hall–Kier alpha value is -2.41. The fourth-order valence-corrected chi connectivity index (χ4v) is 1.79. The molecule has 0 bridgehead atoms. The molecule has 3 N–H and O–H groups in total. The average molecular weight is 322 g/mol. The number of hydrogen-bond donors (Lipinski definition) is 3. The standard InChI is InChI=1S/C16H22N2O5/c1-16(2,3)23-13(21)9-17-15(22)14(18-12(20)10-19)11-7-5-4-6-8-11/h4-8,14,19H,9-10H2,1-3H3,(H,17,22)(H,18,20)/t14-/m1/s1. The monoisotopic (exact) mass is 322 g/mol. The predicted octanol–water partition coefficient (Wildman–Crippen LogP) is 0.294. The van der Waals surface area contributed by atoms with Crippen LogP contribution in [0.15, 0.2) is 30.3 Å². The number of ether oxygens (including phenoxy) is 1. The smallest absolute Gasteiger partial charge is 0.325 e. The van der Waals surface area contributed by atoms with Crippen molar-refractivity contribution in [2.75, 3.05) is 13.2 Å². The summed E-state index contributed by atoms with van der Waals surface area (Å²) in [5.41, 5.74) is -0.109. The van der Waals surface area contributed by atoms with E-state index in [2.05, 4.69) is 10.6 Å². The first kappa shape index (κ1) is 18.6. The van der Waals surface area contributed by atoms with Gasteiger partial charge in [-0.05, 0) is 26.3 Å². The van der Waals surface area contributed by atoms with Crippen molar-refractivity contribution in [1.29, 1.82) is 0 Å². The minimum absolute atomic E-state index is 0.311. The van der Waals surface area contributed by atoms with Crippen molar-refractivity contribution in [3.8, 4) is 0 Å². The van der Waals surface area contributed by atoms with Crippen LogP contribution in [0.3, 0.4) is 0 Å². The van der Waals surface area contributed by atoms with Gasteiger partial charge in [0.25, 0.3) is 0 Å². The van der Waals surface area contributed by atoms with E-state index in [0.29, 0.717) is 5.56 Å². The number of amides is 2. The molecule has 0 saturated heterocycles. The highest BCUT2D eigenvalue weighted by Crippen LogP contribution is 2.13. The number of aliphatic hydroxyl groups is 1. The van der Waals surface area contributed by atoms with Crippen molar-refractivity contribution in [2.45, 2.75) is 32.4 Å². The van der Waals surface area contributed by atoms with Crippen molar-refractivity contribution >= 4 is 17.8 Å². The number of aliphatic hydroxyl groups excluding tert-OH is 1. The number of carbonyl (C=O) groups excluding carboxylic acids is 3. The summed E-state index contributed by atoms with van der Waals surface area (Å²) in [6, 6.07) is 7.53. The fourth-order valence-electron chi connectivity index (χ4n) is 1.79. The lowest BCUT2D eigenvalue weighted by atomic mass is 10.1. The summed E-state index contributed by atoms with van der Waals surface area (Å²) in [5.74, 6) is -1.83. The molecule has 0 aliphatic rings. The molecule has 0 aliphatic carbocycles. The summed E-state index contributed by atoms with van der Waals surface area (Å²) in [6.07, 6.45) is 0. The quantitative estimate of drug-likeness (QED) is 0.653. The molecule has 126 valence electrons. The first-order valence-electron chi connectivity index (χ1n) is 7.17. The number of hydrogen-bond acceptors (Lipinski definition) is 5. The van der Waals surface area contributed by atoms with Gasteiger partial charge < -0.3 is 20.5 Å². The summed E-state index contributed by atoms with van der Waals surface area (Å²) in [6.45, 7) is 4.13. The number of carbonyl (C=O) groups is 3. The van der Waals surface area contributed by atoms with Crippen LogP contribution in [0.2, 0.25) is 0 Å². The lowest BCUT2D eigenvalue weighted by molar-refractivity contribution is -0.154. The first-order valence-corrected chi connectivity index (χ1v) is 7.17. The molecule has 1 rings (SSSR count). The summed E-state index contributed by atoms with van der Waals surface area (Å²) in [4.78, 5) is 35.3. The molecular formula is C16H22N2O5. The maximum atomic E-state index is 12.2. The molecule has 0 fully saturated rings. The van der Waals surface area contributed by atoms with E-state index < -0.39 is 36.0 Å². The second-order valence-electron chi connectivity index (χ2n) is 5.87. The van der Waals surface area contributed by atoms with Gasteiger partial charge in [0, 0.05) is 0 Å². The molecule has 0 spiro atoms. The lowest BCUT2D eigenvalue weighted by Crippen LogP contribution is -2.43. The van der Waals surface area contributed by atoms with Gasteiger partial charge in [-0.1, -0.05) is 30.3 Å². The van der Waals surface area contributed by atoms with Crippen molar-refractivity contribution in [3.63, 3.8) is 0 Å². The van der Waals surface area contributed by atoms with Crippen molar-refractivity contribution in [1.82, 2.24) is 10.6 Å². The molecule has 0 unspecified atom stereocenters. The topological polar surface area (TPSA) is 105 Å². The Bertz CT molecular complexity index is 551. The van der Waals surface area contributed by atoms with Gasteiger partial charge in [-0.25, -0.2) is 0 Å². The molecule has 1 atom stereocenters. The van der Waals surface area contributed by atoms with Crippen LogP contribution in [0.25, 0.3) is 0 Å². The zero-order valence-corrected chi connectivity index (χ0v) is 13.5. The van der Waals surface area contributed by atoms with E-state index in [9.17, 15) is 14.4 Å². The molecule has 0 saturated carbocycles. The van der Waals surface area contributed by atoms with E-state index in [-0.39, 0.29) is 6.54 Å². The number of nitrogens with one attached hydrogen (secondary N) is 2. The van der Waals surface area contributed by atoms with Crippen LogP contribution in [0, 0.1) is 0 Å². The highest BCUT2D eigenvalue weighted by molar-refractivity contribution is 5.90.